The molecule has 0 saturated carbocycles. The number of amides is 1. The smallest absolute Gasteiger partial charge is 0.223 e. The molecule has 1 fully saturated rings. The van der Waals surface area contributed by atoms with Gasteiger partial charge in [0.2, 0.25) is 5.91 Å². The van der Waals surface area contributed by atoms with E-state index >= 15 is 0 Å². The predicted molar refractivity (Wildman–Crippen MR) is 88.1 cm³/mol. The second-order valence-electron chi connectivity index (χ2n) is 7.41. The van der Waals surface area contributed by atoms with E-state index in [0.29, 0.717) is 18.4 Å². The van der Waals surface area contributed by atoms with Gasteiger partial charge < -0.3 is 4.90 Å². The minimum atomic E-state index is -3.11. The third-order valence-corrected chi connectivity index (χ3v) is 5.70. The van der Waals surface area contributed by atoms with E-state index in [1.54, 1.807) is 23.1 Å². The highest BCUT2D eigenvalue weighted by atomic mass is 32.2. The van der Waals surface area contributed by atoms with E-state index in [0.717, 1.165) is 0 Å². The first-order chi connectivity index (χ1) is 10.6. The highest BCUT2D eigenvalue weighted by molar-refractivity contribution is 7.91. The number of carbonyl (C=O) groups excluding carboxylic acids is 1. The van der Waals surface area contributed by atoms with Crippen molar-refractivity contribution in [3.63, 3.8) is 0 Å². The molecule has 1 aromatic rings. The minimum absolute atomic E-state index is 0.0304. The van der Waals surface area contributed by atoms with Crippen molar-refractivity contribution in [2.24, 2.45) is 5.41 Å². The molecule has 0 bridgehead atoms. The molecule has 6 heteroatoms. The zero-order chi connectivity index (χ0) is 17.3. The number of halogens is 1. The van der Waals surface area contributed by atoms with Gasteiger partial charge in [0.05, 0.1) is 11.5 Å². The van der Waals surface area contributed by atoms with E-state index < -0.39 is 9.84 Å². The maximum absolute atomic E-state index is 13.9. The summed E-state index contributed by atoms with van der Waals surface area (Å²) >= 11 is 0. The highest BCUT2D eigenvalue weighted by Gasteiger charge is 2.35. The van der Waals surface area contributed by atoms with Crippen LogP contribution < -0.4 is 0 Å². The summed E-state index contributed by atoms with van der Waals surface area (Å²) < 4.78 is 37.5. The molecule has 1 unspecified atom stereocenters. The van der Waals surface area contributed by atoms with Crippen molar-refractivity contribution >= 4 is 15.7 Å². The molecule has 0 radical (unpaired) electrons. The third-order valence-electron chi connectivity index (χ3n) is 3.95. The lowest BCUT2D eigenvalue weighted by Gasteiger charge is -2.31. The molecule has 4 nitrogen and oxygen atoms in total. The van der Waals surface area contributed by atoms with Crippen molar-refractivity contribution in [3.8, 4) is 0 Å². The van der Waals surface area contributed by atoms with Crippen molar-refractivity contribution in [2.75, 3.05) is 11.5 Å². The molecule has 1 atom stereocenters. The molecule has 1 heterocycles. The molecule has 0 aromatic heterocycles. The molecular formula is C17H24FNO3S. The van der Waals surface area contributed by atoms with Gasteiger partial charge in [-0.3, -0.25) is 4.79 Å². The summed E-state index contributed by atoms with van der Waals surface area (Å²) in [6, 6.07) is 5.94. The van der Waals surface area contributed by atoms with Crippen molar-refractivity contribution < 1.29 is 17.6 Å². The number of benzene rings is 1. The van der Waals surface area contributed by atoms with Crippen molar-refractivity contribution in [3.05, 3.63) is 35.6 Å². The molecular weight excluding hydrogens is 317 g/mol. The monoisotopic (exact) mass is 341 g/mol. The number of hydrogen-bond donors (Lipinski definition) is 0. The maximum atomic E-state index is 13.9. The SMILES string of the molecule is CC(C)(C)CC(=O)N(Cc1ccccc1F)C1CCS(=O)(=O)C1. The van der Waals surface area contributed by atoms with Crippen LogP contribution in [-0.4, -0.2) is 36.8 Å². The van der Waals surface area contributed by atoms with Gasteiger partial charge in [-0.05, 0) is 17.9 Å². The molecule has 0 spiro atoms. The summed E-state index contributed by atoms with van der Waals surface area (Å²) in [6.07, 6.45) is 0.727. The van der Waals surface area contributed by atoms with E-state index in [9.17, 15) is 17.6 Å². The third kappa shape index (κ3) is 5.03. The van der Waals surface area contributed by atoms with Gasteiger partial charge in [-0.2, -0.15) is 0 Å². The van der Waals surface area contributed by atoms with Crippen LogP contribution in [0.3, 0.4) is 0 Å². The van der Waals surface area contributed by atoms with Gasteiger partial charge in [-0.25, -0.2) is 12.8 Å². The highest BCUT2D eigenvalue weighted by Crippen LogP contribution is 2.26. The van der Waals surface area contributed by atoms with Crippen molar-refractivity contribution in [1.82, 2.24) is 4.90 Å². The Kier molecular flexibility index (Phi) is 5.14. The summed E-state index contributed by atoms with van der Waals surface area (Å²) in [5, 5.41) is 0. The molecule has 1 amide bonds. The van der Waals surface area contributed by atoms with Crippen LogP contribution in [0, 0.1) is 11.2 Å². The number of carbonyl (C=O) groups is 1. The zero-order valence-electron chi connectivity index (χ0n) is 13.9. The Balaban J connectivity index is 2.24. The number of rotatable bonds is 4. The fourth-order valence-electron chi connectivity index (χ4n) is 2.81. The summed E-state index contributed by atoms with van der Waals surface area (Å²) in [5.41, 5.74) is 0.209. The topological polar surface area (TPSA) is 54.5 Å². The minimum Gasteiger partial charge on any atom is -0.334 e. The van der Waals surface area contributed by atoms with Crippen LogP contribution >= 0.6 is 0 Å². The normalized spacial score (nSPS) is 20.4. The molecule has 0 aliphatic carbocycles. The summed E-state index contributed by atoms with van der Waals surface area (Å²) in [7, 11) is -3.11. The van der Waals surface area contributed by atoms with Crippen LogP contribution in [0.25, 0.3) is 0 Å². The number of sulfone groups is 1. The predicted octanol–water partition coefficient (Wildman–Crippen LogP) is 2.78. The van der Waals surface area contributed by atoms with Crippen molar-refractivity contribution in [1.29, 1.82) is 0 Å². The summed E-state index contributed by atoms with van der Waals surface area (Å²) in [4.78, 5) is 14.2. The quantitative estimate of drug-likeness (QED) is 0.846. The fraction of sp³-hybridized carbons (Fsp3) is 0.588. The average Bonchev–Trinajstić information content (AvgIpc) is 2.75. The van der Waals surface area contributed by atoms with Crippen LogP contribution in [0.5, 0.6) is 0 Å². The first kappa shape index (κ1) is 17.9. The average molecular weight is 341 g/mol. The van der Waals surface area contributed by atoms with Gasteiger partial charge in [-0.1, -0.05) is 39.0 Å². The van der Waals surface area contributed by atoms with Gasteiger partial charge in [0.1, 0.15) is 5.82 Å². The van der Waals surface area contributed by atoms with Gasteiger partial charge in [0, 0.05) is 24.6 Å². The largest absolute Gasteiger partial charge is 0.334 e. The number of nitrogens with zero attached hydrogens (tertiary/aromatic N) is 1. The lowest BCUT2D eigenvalue weighted by molar-refractivity contribution is -0.135. The molecule has 0 N–H and O–H groups in total. The van der Waals surface area contributed by atoms with Crippen LogP contribution in [0.1, 0.15) is 39.2 Å². The van der Waals surface area contributed by atoms with Crippen LogP contribution in [0.15, 0.2) is 24.3 Å². The summed E-state index contributed by atoms with van der Waals surface area (Å²) in [5.74, 6) is -0.435. The van der Waals surface area contributed by atoms with Crippen molar-refractivity contribution in [2.45, 2.75) is 46.2 Å². The lowest BCUT2D eigenvalue weighted by Crippen LogP contribution is -2.42. The van der Waals surface area contributed by atoms with Gasteiger partial charge in [-0.15, -0.1) is 0 Å². The Labute approximate surface area is 137 Å². The molecule has 2 rings (SSSR count). The Morgan fingerprint density at radius 1 is 1.30 bits per heavy atom. The molecule has 1 aliphatic rings. The molecule has 1 saturated heterocycles. The first-order valence-electron chi connectivity index (χ1n) is 7.81. The Morgan fingerprint density at radius 3 is 2.48 bits per heavy atom. The van der Waals surface area contributed by atoms with Gasteiger partial charge >= 0.3 is 0 Å². The lowest BCUT2D eigenvalue weighted by atomic mass is 9.91. The molecule has 128 valence electrons. The van der Waals surface area contributed by atoms with Crippen LogP contribution in [0.4, 0.5) is 4.39 Å². The second kappa shape index (κ2) is 6.59. The Bertz CT molecular complexity index is 679. The number of hydrogen-bond acceptors (Lipinski definition) is 3. The summed E-state index contributed by atoms with van der Waals surface area (Å²) in [6.45, 7) is 5.98. The Hall–Kier alpha value is -1.43. The molecule has 23 heavy (non-hydrogen) atoms. The van der Waals surface area contributed by atoms with Crippen LogP contribution in [0.2, 0.25) is 0 Å². The van der Waals surface area contributed by atoms with E-state index in [1.165, 1.54) is 6.07 Å². The molecule has 1 aromatic carbocycles. The standard InChI is InChI=1S/C17H24FNO3S/c1-17(2,3)10-16(20)19(14-8-9-23(21,22)12-14)11-13-6-4-5-7-15(13)18/h4-7,14H,8-12H2,1-3H3. The van der Waals surface area contributed by atoms with E-state index in [2.05, 4.69) is 0 Å². The zero-order valence-corrected chi connectivity index (χ0v) is 14.7. The second-order valence-corrected chi connectivity index (χ2v) is 9.64. The molecule has 1 aliphatic heterocycles. The van der Waals surface area contributed by atoms with E-state index in [-0.39, 0.29) is 41.2 Å². The fourth-order valence-corrected chi connectivity index (χ4v) is 4.54. The Morgan fingerprint density at radius 2 is 1.96 bits per heavy atom. The van der Waals surface area contributed by atoms with E-state index in [1.807, 2.05) is 20.8 Å². The first-order valence-corrected chi connectivity index (χ1v) is 9.63. The van der Waals surface area contributed by atoms with Gasteiger partial charge in [0.15, 0.2) is 9.84 Å². The maximum Gasteiger partial charge on any atom is 0.223 e. The van der Waals surface area contributed by atoms with E-state index in [4.69, 9.17) is 0 Å². The van der Waals surface area contributed by atoms with Crippen LogP contribution in [-0.2, 0) is 21.2 Å². The van der Waals surface area contributed by atoms with Gasteiger partial charge in [0.25, 0.3) is 0 Å².